The van der Waals surface area contributed by atoms with Crippen molar-refractivity contribution in [2.75, 3.05) is 12.4 Å². The highest BCUT2D eigenvalue weighted by atomic mass is 32.2. The fourth-order valence-electron chi connectivity index (χ4n) is 1.59. The van der Waals surface area contributed by atoms with Crippen LogP contribution >= 0.6 is 11.8 Å². The second kappa shape index (κ2) is 4.35. The Kier molecular flexibility index (Phi) is 3.27. The first kappa shape index (κ1) is 13.5. The minimum atomic E-state index is -0.435. The average Bonchev–Trinajstić information content (AvgIpc) is 2.71. The number of aliphatic hydroxyl groups is 1. The molecule has 0 saturated heterocycles. The van der Waals surface area contributed by atoms with E-state index in [1.807, 2.05) is 13.8 Å². The van der Waals surface area contributed by atoms with Gasteiger partial charge in [-0.2, -0.15) is 9.78 Å². The average molecular weight is 268 g/mol. The van der Waals surface area contributed by atoms with E-state index in [4.69, 9.17) is 0 Å². The van der Waals surface area contributed by atoms with Gasteiger partial charge in [0, 0.05) is 16.6 Å². The van der Waals surface area contributed by atoms with Crippen LogP contribution in [0, 0.1) is 5.41 Å². The zero-order chi connectivity index (χ0) is 13.6. The lowest BCUT2D eigenvalue weighted by Gasteiger charge is -2.26. The van der Waals surface area contributed by atoms with Gasteiger partial charge < -0.3 is 5.11 Å². The van der Waals surface area contributed by atoms with Crippen LogP contribution in [-0.2, 0) is 5.41 Å². The van der Waals surface area contributed by atoms with Crippen molar-refractivity contribution >= 4 is 17.5 Å². The third kappa shape index (κ3) is 2.31. The minimum Gasteiger partial charge on any atom is -0.395 e. The minimum absolute atomic E-state index is 0.0240. The van der Waals surface area contributed by atoms with Gasteiger partial charge >= 0.3 is 0 Å². The van der Waals surface area contributed by atoms with Gasteiger partial charge in [0.25, 0.3) is 0 Å². The molecular weight excluding hydrogens is 248 g/mol. The van der Waals surface area contributed by atoms with Crippen LogP contribution in [0.1, 0.15) is 40.4 Å². The number of fused-ring (bicyclic) bond motifs is 1. The highest BCUT2D eigenvalue weighted by molar-refractivity contribution is 7.99. The first-order chi connectivity index (χ1) is 8.25. The predicted octanol–water partition coefficient (Wildman–Crippen LogP) is 1.90. The number of nitrogens with zero attached hydrogens (tertiary/aromatic N) is 4. The summed E-state index contributed by atoms with van der Waals surface area (Å²) >= 11 is 1.65. The van der Waals surface area contributed by atoms with Crippen molar-refractivity contribution in [2.24, 2.45) is 10.5 Å². The van der Waals surface area contributed by atoms with Gasteiger partial charge in [0.15, 0.2) is 5.82 Å². The van der Waals surface area contributed by atoms with E-state index in [1.165, 1.54) is 0 Å². The van der Waals surface area contributed by atoms with Crippen molar-refractivity contribution in [2.45, 2.75) is 45.2 Å². The molecule has 2 heterocycles. The molecule has 1 aliphatic rings. The van der Waals surface area contributed by atoms with E-state index < -0.39 is 5.41 Å². The van der Waals surface area contributed by atoms with Gasteiger partial charge in [-0.25, -0.2) is 0 Å². The second-order valence-electron chi connectivity index (χ2n) is 6.25. The number of thioether (sulfide) groups is 1. The Morgan fingerprint density at radius 3 is 2.44 bits per heavy atom. The Balaban J connectivity index is 2.49. The van der Waals surface area contributed by atoms with E-state index in [0.717, 1.165) is 16.6 Å². The van der Waals surface area contributed by atoms with E-state index in [0.29, 0.717) is 5.82 Å². The first-order valence-corrected chi connectivity index (χ1v) is 7.02. The number of hydrogen-bond donors (Lipinski definition) is 1. The summed E-state index contributed by atoms with van der Waals surface area (Å²) in [6.07, 6.45) is 0. The van der Waals surface area contributed by atoms with Gasteiger partial charge in [0.05, 0.1) is 12.3 Å². The molecule has 0 aromatic carbocycles. The standard InChI is InChI=1S/C12H20N4OS/c1-11(2,3)8-6-18-10-14-13-9(16(10)15-8)12(4,5)7-17/h17H,6-7H2,1-5H3. The number of hydrogen-bond acceptors (Lipinski definition) is 5. The topological polar surface area (TPSA) is 63.3 Å². The van der Waals surface area contributed by atoms with Crippen LogP contribution in [-0.4, -0.2) is 38.1 Å². The summed E-state index contributed by atoms with van der Waals surface area (Å²) in [6, 6.07) is 0. The van der Waals surface area contributed by atoms with Crippen LogP contribution in [0.5, 0.6) is 0 Å². The molecule has 6 heteroatoms. The van der Waals surface area contributed by atoms with Crippen molar-refractivity contribution in [3.05, 3.63) is 5.82 Å². The molecular formula is C12H20N4OS. The second-order valence-corrected chi connectivity index (χ2v) is 7.19. The molecule has 1 N–H and O–H groups in total. The lowest BCUT2D eigenvalue weighted by molar-refractivity contribution is 0.208. The fourth-order valence-corrected chi connectivity index (χ4v) is 2.69. The van der Waals surface area contributed by atoms with Crippen LogP contribution in [0.25, 0.3) is 0 Å². The van der Waals surface area contributed by atoms with Crippen molar-refractivity contribution in [3.8, 4) is 0 Å². The van der Waals surface area contributed by atoms with Gasteiger partial charge in [-0.05, 0) is 0 Å². The molecule has 1 aromatic heterocycles. The lowest BCUT2D eigenvalue weighted by Crippen LogP contribution is -2.30. The molecule has 100 valence electrons. The van der Waals surface area contributed by atoms with Crippen LogP contribution in [0.2, 0.25) is 0 Å². The monoisotopic (exact) mass is 268 g/mol. The van der Waals surface area contributed by atoms with Crippen LogP contribution in [0.15, 0.2) is 10.3 Å². The Labute approximate surface area is 112 Å². The predicted molar refractivity (Wildman–Crippen MR) is 73.1 cm³/mol. The molecule has 2 rings (SSSR count). The molecule has 0 saturated carbocycles. The van der Waals surface area contributed by atoms with E-state index in [2.05, 4.69) is 36.1 Å². The van der Waals surface area contributed by atoms with Gasteiger partial charge in [0.2, 0.25) is 5.16 Å². The van der Waals surface area contributed by atoms with Crippen LogP contribution in [0.4, 0.5) is 0 Å². The number of aliphatic hydroxyl groups excluding tert-OH is 1. The molecule has 0 unspecified atom stereocenters. The molecule has 0 aliphatic carbocycles. The summed E-state index contributed by atoms with van der Waals surface area (Å²) in [5.41, 5.74) is 0.723. The van der Waals surface area contributed by atoms with E-state index in [9.17, 15) is 5.11 Å². The molecule has 18 heavy (non-hydrogen) atoms. The smallest absolute Gasteiger partial charge is 0.212 e. The van der Waals surface area contributed by atoms with Crippen molar-refractivity contribution in [1.82, 2.24) is 14.9 Å². The maximum Gasteiger partial charge on any atom is 0.212 e. The Morgan fingerprint density at radius 1 is 1.22 bits per heavy atom. The molecule has 0 spiro atoms. The number of rotatable bonds is 2. The SMILES string of the molecule is CC(C)(C)C1=Nn2c(nnc2C(C)(C)CO)SC1. The third-order valence-corrected chi connectivity index (χ3v) is 3.97. The molecule has 0 radical (unpaired) electrons. The Bertz CT molecular complexity index is 485. The Hall–Kier alpha value is -0.880. The molecule has 0 bridgehead atoms. The normalized spacial score (nSPS) is 16.4. The van der Waals surface area contributed by atoms with Gasteiger partial charge in [-0.3, -0.25) is 0 Å². The third-order valence-electron chi connectivity index (χ3n) is 3.04. The number of aromatic nitrogens is 3. The molecule has 5 nitrogen and oxygen atoms in total. The van der Waals surface area contributed by atoms with Gasteiger partial charge in [-0.15, -0.1) is 10.2 Å². The largest absolute Gasteiger partial charge is 0.395 e. The summed E-state index contributed by atoms with van der Waals surface area (Å²) < 4.78 is 1.78. The zero-order valence-corrected chi connectivity index (χ0v) is 12.4. The van der Waals surface area contributed by atoms with E-state index >= 15 is 0 Å². The van der Waals surface area contributed by atoms with Gasteiger partial charge in [0.1, 0.15) is 0 Å². The summed E-state index contributed by atoms with van der Waals surface area (Å²) in [5.74, 6) is 1.57. The van der Waals surface area contributed by atoms with E-state index in [-0.39, 0.29) is 12.0 Å². The fraction of sp³-hybridized carbons (Fsp3) is 0.750. The summed E-state index contributed by atoms with van der Waals surface area (Å²) in [4.78, 5) is 0. The quantitative estimate of drug-likeness (QED) is 0.890. The molecule has 1 aromatic rings. The van der Waals surface area contributed by atoms with Crippen molar-refractivity contribution < 1.29 is 5.11 Å². The molecule has 0 fully saturated rings. The van der Waals surface area contributed by atoms with Crippen LogP contribution in [0.3, 0.4) is 0 Å². The summed E-state index contributed by atoms with van der Waals surface area (Å²) in [6.45, 7) is 10.4. The summed E-state index contributed by atoms with van der Waals surface area (Å²) in [5, 5.41) is 23.3. The summed E-state index contributed by atoms with van der Waals surface area (Å²) in [7, 11) is 0. The molecule has 0 atom stereocenters. The zero-order valence-electron chi connectivity index (χ0n) is 11.6. The maximum atomic E-state index is 9.46. The highest BCUT2D eigenvalue weighted by Crippen LogP contribution is 2.31. The lowest BCUT2D eigenvalue weighted by atomic mass is 9.91. The maximum absolute atomic E-state index is 9.46. The first-order valence-electron chi connectivity index (χ1n) is 6.03. The van der Waals surface area contributed by atoms with E-state index in [1.54, 1.807) is 16.4 Å². The molecule has 0 amide bonds. The molecule has 1 aliphatic heterocycles. The van der Waals surface area contributed by atoms with Crippen LogP contribution < -0.4 is 0 Å². The highest BCUT2D eigenvalue weighted by Gasteiger charge is 2.32. The van der Waals surface area contributed by atoms with Crippen molar-refractivity contribution in [3.63, 3.8) is 0 Å². The van der Waals surface area contributed by atoms with Gasteiger partial charge in [-0.1, -0.05) is 46.4 Å². The van der Waals surface area contributed by atoms with Crippen molar-refractivity contribution in [1.29, 1.82) is 0 Å². The Morgan fingerprint density at radius 2 is 1.89 bits per heavy atom.